The molecule has 0 aliphatic heterocycles. The lowest BCUT2D eigenvalue weighted by Crippen LogP contribution is -2.10. The highest BCUT2D eigenvalue weighted by Crippen LogP contribution is 2.17. The number of rotatable bonds is 12. The van der Waals surface area contributed by atoms with Crippen LogP contribution in [-0.2, 0) is 16.0 Å². The van der Waals surface area contributed by atoms with Gasteiger partial charge in [-0.3, -0.25) is 0 Å². The van der Waals surface area contributed by atoms with Gasteiger partial charge >= 0.3 is 11.9 Å². The number of unbranched alkanes of at least 4 members (excludes halogenated alkanes) is 1. The lowest BCUT2D eigenvalue weighted by molar-refractivity contribution is -0.128. The summed E-state index contributed by atoms with van der Waals surface area (Å²) in [6.07, 6.45) is 6.92. The van der Waals surface area contributed by atoms with Crippen LogP contribution in [0.4, 0.5) is 11.4 Å². The molecule has 0 heterocycles. The average Bonchev–Trinajstić information content (AvgIpc) is 2.87. The molecule has 4 N–H and O–H groups in total. The van der Waals surface area contributed by atoms with E-state index in [1.165, 1.54) is 23.8 Å². The second-order valence-electron chi connectivity index (χ2n) is 8.30. The molecule has 0 aliphatic rings. The molecule has 0 amide bonds. The van der Waals surface area contributed by atoms with Crippen LogP contribution < -0.4 is 20.9 Å². The van der Waals surface area contributed by atoms with Crippen LogP contribution in [-0.4, -0.2) is 25.2 Å². The van der Waals surface area contributed by atoms with E-state index in [0.717, 1.165) is 24.8 Å². The smallest absolute Gasteiger partial charge is 0.338 e. The van der Waals surface area contributed by atoms with E-state index < -0.39 is 11.9 Å². The van der Waals surface area contributed by atoms with Gasteiger partial charge in [-0.25, -0.2) is 9.59 Å². The van der Waals surface area contributed by atoms with Crippen molar-refractivity contribution in [2.75, 3.05) is 24.7 Å². The molecule has 0 saturated heterocycles. The first-order valence-corrected chi connectivity index (χ1v) is 12.0. The maximum Gasteiger partial charge on any atom is 0.338 e. The summed E-state index contributed by atoms with van der Waals surface area (Å²) in [7, 11) is 0. The second kappa shape index (κ2) is 13.6. The first-order chi connectivity index (χ1) is 17.4. The zero-order valence-corrected chi connectivity index (χ0v) is 20.4. The minimum Gasteiger partial charge on any atom is -0.493 e. The molecule has 3 rings (SSSR count). The molecule has 0 spiro atoms. The van der Waals surface area contributed by atoms with Crippen molar-refractivity contribution in [2.24, 2.45) is 0 Å². The van der Waals surface area contributed by atoms with Crippen LogP contribution in [0, 0.1) is 0 Å². The maximum atomic E-state index is 12.1. The quantitative estimate of drug-likeness (QED) is 0.115. The van der Waals surface area contributed by atoms with Crippen LogP contribution in [0.2, 0.25) is 0 Å². The summed E-state index contributed by atoms with van der Waals surface area (Å²) >= 11 is 0. The Hall–Kier alpha value is -4.26. The molecule has 0 unspecified atom stereocenters. The van der Waals surface area contributed by atoms with E-state index in [0.29, 0.717) is 41.5 Å². The Labute approximate surface area is 211 Å². The number of aryl methyl sites for hydroxylation is 1. The molecule has 3 aromatic carbocycles. The number of esters is 2. The summed E-state index contributed by atoms with van der Waals surface area (Å²) < 4.78 is 16.3. The normalized spacial score (nSPS) is 10.8. The summed E-state index contributed by atoms with van der Waals surface area (Å²) in [5.41, 5.74) is 14.6. The summed E-state index contributed by atoms with van der Waals surface area (Å²) in [4.78, 5) is 24.2. The maximum absolute atomic E-state index is 12.1. The average molecular weight is 489 g/mol. The van der Waals surface area contributed by atoms with Gasteiger partial charge in [0.1, 0.15) is 11.5 Å². The molecule has 0 saturated carbocycles. The minimum absolute atomic E-state index is 0.206. The van der Waals surface area contributed by atoms with Crippen LogP contribution in [0.3, 0.4) is 0 Å². The molecule has 0 atom stereocenters. The van der Waals surface area contributed by atoms with Gasteiger partial charge in [0.25, 0.3) is 0 Å². The molecule has 0 fully saturated rings. The number of carbonyl (C=O) groups is 2. The third kappa shape index (κ3) is 8.83. The summed E-state index contributed by atoms with van der Waals surface area (Å²) in [5, 5.41) is 0. The Morgan fingerprint density at radius 3 is 2.17 bits per heavy atom. The molecule has 0 radical (unpaired) electrons. The standard InChI is InChI=1S/C29H32N2O5/c1-2-3-5-21-8-13-27(14-9-21)36-28(32)15-10-22-6-11-26(12-7-22)34-16-4-17-35-29(33)23-18-24(30)20-25(31)19-23/h6-15,18-20H,2-5,16-17,30-31H2,1H3. The number of nitrogen functional groups attached to an aromatic ring is 2. The predicted molar refractivity (Wildman–Crippen MR) is 142 cm³/mol. The van der Waals surface area contributed by atoms with Gasteiger partial charge in [-0.2, -0.15) is 0 Å². The first-order valence-electron chi connectivity index (χ1n) is 12.0. The lowest BCUT2D eigenvalue weighted by Gasteiger charge is -2.08. The second-order valence-corrected chi connectivity index (χ2v) is 8.30. The van der Waals surface area contributed by atoms with Crippen molar-refractivity contribution < 1.29 is 23.8 Å². The number of hydrogen-bond donors (Lipinski definition) is 2. The van der Waals surface area contributed by atoms with Crippen LogP contribution in [0.1, 0.15) is 47.7 Å². The van der Waals surface area contributed by atoms with Crippen molar-refractivity contribution in [1.82, 2.24) is 0 Å². The van der Waals surface area contributed by atoms with E-state index in [1.54, 1.807) is 12.1 Å². The third-order valence-corrected chi connectivity index (χ3v) is 5.26. The van der Waals surface area contributed by atoms with Gasteiger partial charge in [0.05, 0.1) is 18.8 Å². The van der Waals surface area contributed by atoms with Crippen molar-refractivity contribution in [3.05, 3.63) is 89.5 Å². The molecule has 0 aliphatic carbocycles. The molecule has 36 heavy (non-hydrogen) atoms. The highest BCUT2D eigenvalue weighted by molar-refractivity contribution is 5.91. The number of ether oxygens (including phenoxy) is 3. The fourth-order valence-electron chi connectivity index (χ4n) is 3.39. The Kier molecular flexibility index (Phi) is 9.94. The third-order valence-electron chi connectivity index (χ3n) is 5.26. The van der Waals surface area contributed by atoms with E-state index in [2.05, 4.69) is 6.92 Å². The van der Waals surface area contributed by atoms with Crippen LogP contribution in [0.25, 0.3) is 6.08 Å². The number of hydrogen-bond acceptors (Lipinski definition) is 7. The monoisotopic (exact) mass is 488 g/mol. The van der Waals surface area contributed by atoms with Crippen molar-refractivity contribution in [3.8, 4) is 11.5 Å². The van der Waals surface area contributed by atoms with Gasteiger partial charge in [0, 0.05) is 23.9 Å². The molecule has 188 valence electrons. The van der Waals surface area contributed by atoms with E-state index in [1.807, 2.05) is 48.5 Å². The number of benzene rings is 3. The lowest BCUT2D eigenvalue weighted by atomic mass is 10.1. The Balaban J connectivity index is 1.36. The summed E-state index contributed by atoms with van der Waals surface area (Å²) in [6, 6.07) is 19.5. The van der Waals surface area contributed by atoms with Crippen LogP contribution in [0.5, 0.6) is 11.5 Å². The van der Waals surface area contributed by atoms with E-state index in [-0.39, 0.29) is 6.61 Å². The molecular weight excluding hydrogens is 456 g/mol. The van der Waals surface area contributed by atoms with Gasteiger partial charge in [-0.05, 0) is 72.5 Å². The fraction of sp³-hybridized carbons (Fsp3) is 0.241. The molecular formula is C29H32N2O5. The molecule has 0 bridgehead atoms. The zero-order chi connectivity index (χ0) is 25.8. The van der Waals surface area contributed by atoms with E-state index in [9.17, 15) is 9.59 Å². The molecule has 7 nitrogen and oxygen atoms in total. The largest absolute Gasteiger partial charge is 0.493 e. The zero-order valence-electron chi connectivity index (χ0n) is 20.4. The molecule has 7 heteroatoms. The fourth-order valence-corrected chi connectivity index (χ4v) is 3.39. The van der Waals surface area contributed by atoms with Gasteiger partial charge in [0.15, 0.2) is 0 Å². The Morgan fingerprint density at radius 2 is 1.50 bits per heavy atom. The number of carbonyl (C=O) groups excluding carboxylic acids is 2. The van der Waals surface area contributed by atoms with Crippen molar-refractivity contribution in [2.45, 2.75) is 32.6 Å². The van der Waals surface area contributed by atoms with Gasteiger partial charge in [-0.1, -0.05) is 37.6 Å². The molecule has 3 aromatic rings. The van der Waals surface area contributed by atoms with Crippen molar-refractivity contribution >= 4 is 29.4 Å². The van der Waals surface area contributed by atoms with Crippen molar-refractivity contribution in [1.29, 1.82) is 0 Å². The number of anilines is 2. The molecule has 0 aromatic heterocycles. The minimum atomic E-state index is -0.479. The SMILES string of the molecule is CCCCc1ccc(OC(=O)C=Cc2ccc(OCCCOC(=O)c3cc(N)cc(N)c3)cc2)cc1. The van der Waals surface area contributed by atoms with E-state index in [4.69, 9.17) is 25.7 Å². The van der Waals surface area contributed by atoms with Crippen molar-refractivity contribution in [3.63, 3.8) is 0 Å². The predicted octanol–water partition coefficient (Wildman–Crippen LogP) is 5.44. The Morgan fingerprint density at radius 1 is 0.833 bits per heavy atom. The highest BCUT2D eigenvalue weighted by atomic mass is 16.5. The van der Waals surface area contributed by atoms with Crippen LogP contribution >= 0.6 is 0 Å². The summed E-state index contributed by atoms with van der Waals surface area (Å²) in [6.45, 7) is 2.75. The highest BCUT2D eigenvalue weighted by Gasteiger charge is 2.08. The first kappa shape index (κ1) is 26.3. The Bertz CT molecular complexity index is 1150. The van der Waals surface area contributed by atoms with Crippen LogP contribution in [0.15, 0.2) is 72.8 Å². The summed E-state index contributed by atoms with van der Waals surface area (Å²) in [5.74, 6) is 0.281. The van der Waals surface area contributed by atoms with E-state index >= 15 is 0 Å². The van der Waals surface area contributed by atoms with Gasteiger partial charge < -0.3 is 25.7 Å². The topological polar surface area (TPSA) is 114 Å². The van der Waals surface area contributed by atoms with Gasteiger partial charge in [0.2, 0.25) is 0 Å². The van der Waals surface area contributed by atoms with Gasteiger partial charge in [-0.15, -0.1) is 0 Å². The number of nitrogens with two attached hydrogens (primary N) is 2.